The number of anilines is 2. The number of Topliss-reactive ketones (excluding diaryl/α,β-unsaturated/α-hetero) is 2. The number of azo groups is 2. The molecule has 0 bridgehead atoms. The van der Waals surface area contributed by atoms with Crippen LogP contribution in [-0.4, -0.2) is 84.7 Å². The predicted octanol–water partition coefficient (Wildman–Crippen LogP) is 11.5. The van der Waals surface area contributed by atoms with Crippen molar-refractivity contribution in [3.05, 3.63) is 177 Å². The maximum absolute atomic E-state index is 13.9. The molecule has 0 atom stereocenters. The van der Waals surface area contributed by atoms with Gasteiger partial charge < -0.3 is 26.8 Å². The molecule has 28 heteroatoms. The zero-order valence-electron chi connectivity index (χ0n) is 45.7. The number of phenols is 2. The average molecular weight is 1260 g/mol. The van der Waals surface area contributed by atoms with Crippen molar-refractivity contribution < 1.29 is 81.6 Å². The number of carbonyl (C=O) groups excluding carboxylic acids is 2. The standard InChI is InChI=1S/C59H48N6O18S4/c1-28-17-34(36-9-13-43(30(3)19-36)62-64-45-15-11-41-49(84(72,73)74)26-51(86(78,79)80)55(60)53(41)57(45)68)7-5-32(28)24-47(66)38-21-39(23-40(22-38)59(70)71)48(67)25-33-6-8-35(18-29(33)2)37-10-14-44(31(4)20-37)63-65-46-16-12-42-50(85(75,76)77)27-52(87(81,82)83)56(61)54(42)58(46)69/h5-23,26-27,68-69H,24-25,60-61H2,1-4H3,(H,70,71)(H,72,73,74)(H,75,76,77)(H,78,79,80)(H,81,82,83). The van der Waals surface area contributed by atoms with Crippen LogP contribution in [0.3, 0.4) is 0 Å². The lowest BCUT2D eigenvalue weighted by molar-refractivity contribution is 0.0696. The maximum Gasteiger partial charge on any atom is 0.335 e. The van der Waals surface area contributed by atoms with Crippen molar-refractivity contribution in [3.8, 4) is 33.8 Å². The summed E-state index contributed by atoms with van der Waals surface area (Å²) in [7, 11) is -20.4. The number of phenolic OH excluding ortho intramolecular Hbond substituents is 2. The highest BCUT2D eigenvalue weighted by Gasteiger charge is 2.29. The van der Waals surface area contributed by atoms with E-state index >= 15 is 0 Å². The van der Waals surface area contributed by atoms with E-state index in [9.17, 15) is 81.6 Å². The molecule has 0 radical (unpaired) electrons. The monoisotopic (exact) mass is 1260 g/mol. The van der Waals surface area contributed by atoms with Crippen molar-refractivity contribution in [1.29, 1.82) is 0 Å². The van der Waals surface area contributed by atoms with Gasteiger partial charge in [0.1, 0.15) is 31.0 Å². The lowest BCUT2D eigenvalue weighted by Crippen LogP contribution is -2.12. The first kappa shape index (κ1) is 61.9. The van der Waals surface area contributed by atoms with E-state index < -0.39 is 111 Å². The van der Waals surface area contributed by atoms with Gasteiger partial charge in [-0.1, -0.05) is 60.7 Å². The fourth-order valence-electron chi connectivity index (χ4n) is 9.81. The highest BCUT2D eigenvalue weighted by atomic mass is 32.2. The van der Waals surface area contributed by atoms with E-state index in [2.05, 4.69) is 20.5 Å². The highest BCUT2D eigenvalue weighted by molar-refractivity contribution is 7.87. The molecule has 9 aromatic rings. The summed E-state index contributed by atoms with van der Waals surface area (Å²) >= 11 is 0. The second kappa shape index (κ2) is 23.0. The van der Waals surface area contributed by atoms with Gasteiger partial charge in [0.2, 0.25) is 0 Å². The Kier molecular flexibility index (Phi) is 16.3. The number of hydrogen-bond donors (Lipinski definition) is 9. The Hall–Kier alpha value is -9.65. The smallest absolute Gasteiger partial charge is 0.335 e. The summed E-state index contributed by atoms with van der Waals surface area (Å²) in [6.45, 7) is 7.06. The van der Waals surface area contributed by atoms with Gasteiger partial charge in [-0.2, -0.15) is 43.9 Å². The SMILES string of the molecule is Cc1cc(-c2ccc(N=Nc3ccc4c(S(=O)(=O)O)cc(S(=O)(=O)O)c(N)c4c3O)c(C)c2)ccc1CC(=O)c1cc(C(=O)O)cc(C(=O)Cc2ccc(-c3ccc(N=Nc4ccc5c(S(=O)(=O)O)cc(S(=O)(=O)O)c(N)c5c4O)c(C)c3)cc2C)c1. The number of aromatic hydroxyl groups is 2. The quantitative estimate of drug-likeness (QED) is 0.0177. The van der Waals surface area contributed by atoms with E-state index in [4.69, 9.17) is 11.5 Å². The molecular weight excluding hydrogens is 1210 g/mol. The fraction of sp³-hybridized carbons (Fsp3) is 0.102. The van der Waals surface area contributed by atoms with Crippen molar-refractivity contribution in [2.45, 2.75) is 60.1 Å². The molecule has 24 nitrogen and oxygen atoms in total. The average Bonchev–Trinajstić information content (AvgIpc) is 0.789. The molecule has 0 heterocycles. The van der Waals surface area contributed by atoms with E-state index in [1.807, 2.05) is 12.1 Å². The molecule has 11 N–H and O–H groups in total. The summed E-state index contributed by atoms with van der Waals surface area (Å²) in [6, 6.07) is 30.4. The number of hydrogen-bond acceptors (Lipinski definition) is 19. The first-order chi connectivity index (χ1) is 40.6. The molecule has 9 rings (SSSR count). The summed E-state index contributed by atoms with van der Waals surface area (Å²) in [5, 5.41) is 47.0. The molecule has 0 fully saturated rings. The van der Waals surface area contributed by atoms with Crippen LogP contribution in [-0.2, 0) is 53.3 Å². The normalized spacial score (nSPS) is 12.4. The highest BCUT2D eigenvalue weighted by Crippen LogP contribution is 2.46. The molecule has 0 aromatic heterocycles. The Morgan fingerprint density at radius 3 is 1.00 bits per heavy atom. The van der Waals surface area contributed by atoms with Crippen LogP contribution in [0.2, 0.25) is 0 Å². The van der Waals surface area contributed by atoms with Crippen molar-refractivity contribution in [2.24, 2.45) is 20.5 Å². The van der Waals surface area contributed by atoms with Gasteiger partial charge in [-0.3, -0.25) is 27.8 Å². The van der Waals surface area contributed by atoms with Crippen molar-refractivity contribution >= 4 is 114 Å². The number of nitrogen functional groups attached to an aromatic ring is 2. The van der Waals surface area contributed by atoms with Crippen LogP contribution in [0.5, 0.6) is 11.5 Å². The lowest BCUT2D eigenvalue weighted by Gasteiger charge is -2.13. The van der Waals surface area contributed by atoms with Crippen LogP contribution >= 0.6 is 0 Å². The second-order valence-corrected chi connectivity index (χ2v) is 25.7. The third-order valence-electron chi connectivity index (χ3n) is 14.4. The molecule has 446 valence electrons. The van der Waals surface area contributed by atoms with Crippen LogP contribution in [0.4, 0.5) is 34.1 Å². The topological polar surface area (TPSA) is 431 Å². The maximum atomic E-state index is 13.9. The summed E-state index contributed by atoms with van der Waals surface area (Å²) < 4.78 is 136. The van der Waals surface area contributed by atoms with E-state index in [1.165, 1.54) is 30.3 Å². The number of aryl methyl sites for hydroxylation is 4. The van der Waals surface area contributed by atoms with Crippen LogP contribution in [0.1, 0.15) is 64.5 Å². The van der Waals surface area contributed by atoms with Crippen molar-refractivity contribution in [1.82, 2.24) is 0 Å². The van der Waals surface area contributed by atoms with Gasteiger partial charge in [0, 0.05) is 34.7 Å². The van der Waals surface area contributed by atoms with Crippen LogP contribution in [0, 0.1) is 27.7 Å². The van der Waals surface area contributed by atoms with Gasteiger partial charge in [0.25, 0.3) is 40.5 Å². The van der Waals surface area contributed by atoms with E-state index in [-0.39, 0.29) is 51.7 Å². The van der Waals surface area contributed by atoms with E-state index in [0.717, 1.165) is 45.5 Å². The predicted molar refractivity (Wildman–Crippen MR) is 320 cm³/mol. The number of nitrogens with two attached hydrogens (primary N) is 2. The molecule has 0 unspecified atom stereocenters. The zero-order valence-corrected chi connectivity index (χ0v) is 49.0. The number of benzene rings is 9. The molecule has 9 aromatic carbocycles. The molecule has 0 saturated carbocycles. The largest absolute Gasteiger partial charge is 0.505 e. The zero-order chi connectivity index (χ0) is 63.6. The third-order valence-corrected chi connectivity index (χ3v) is 17.9. The molecule has 0 aliphatic carbocycles. The first-order valence-electron chi connectivity index (χ1n) is 25.4. The molecule has 87 heavy (non-hydrogen) atoms. The molecular formula is C59H48N6O18S4. The van der Waals surface area contributed by atoms with E-state index in [0.29, 0.717) is 45.8 Å². The Morgan fingerprint density at radius 2 is 0.690 bits per heavy atom. The number of aromatic carboxylic acids is 1. The molecule has 0 aliphatic rings. The minimum Gasteiger partial charge on any atom is -0.505 e. The van der Waals surface area contributed by atoms with Gasteiger partial charge in [-0.15, -0.1) is 10.2 Å². The number of rotatable bonds is 17. The summed E-state index contributed by atoms with van der Waals surface area (Å²) in [6.07, 6.45) is -0.275. The second-order valence-electron chi connectivity index (χ2n) is 20.2. The number of fused-ring (bicyclic) bond motifs is 2. The van der Waals surface area contributed by atoms with Gasteiger partial charge >= 0.3 is 5.97 Å². The van der Waals surface area contributed by atoms with Gasteiger partial charge in [0.15, 0.2) is 23.1 Å². The number of ketones is 2. The number of nitrogens with zero attached hydrogens (tertiary/aromatic N) is 4. The minimum atomic E-state index is -5.12. The van der Waals surface area contributed by atoms with Crippen LogP contribution < -0.4 is 11.5 Å². The number of carbonyl (C=O) groups is 3. The molecule has 0 amide bonds. The number of carboxylic acid groups (broad SMARTS) is 1. The first-order valence-corrected chi connectivity index (χ1v) is 31.1. The third kappa shape index (κ3) is 12.7. The fourth-order valence-corrected chi connectivity index (χ4v) is 12.7. The summed E-state index contributed by atoms with van der Waals surface area (Å²) in [5.74, 6) is -3.80. The van der Waals surface area contributed by atoms with Crippen molar-refractivity contribution in [3.63, 3.8) is 0 Å². The molecule has 0 aliphatic heterocycles. The lowest BCUT2D eigenvalue weighted by atomic mass is 9.91. The number of carboxylic acids is 1. The Balaban J connectivity index is 0.882. The van der Waals surface area contributed by atoms with Crippen molar-refractivity contribution in [2.75, 3.05) is 11.5 Å². The Bertz CT molecular complexity index is 4750. The Morgan fingerprint density at radius 1 is 0.391 bits per heavy atom. The van der Waals surface area contributed by atoms with Gasteiger partial charge in [-0.05, 0) is 150 Å². The molecule has 0 saturated heterocycles. The van der Waals surface area contributed by atoms with Crippen LogP contribution in [0.15, 0.2) is 167 Å². The van der Waals surface area contributed by atoms with E-state index in [1.54, 1.807) is 88.4 Å². The minimum absolute atomic E-state index is 0.0148. The van der Waals surface area contributed by atoms with Gasteiger partial charge in [-0.25, -0.2) is 4.79 Å². The molecule has 0 spiro atoms. The summed E-state index contributed by atoms with van der Waals surface area (Å²) in [4.78, 5) is 36.1. The Labute approximate surface area is 495 Å². The summed E-state index contributed by atoms with van der Waals surface area (Å²) in [5.41, 5.74) is 17.3. The van der Waals surface area contributed by atoms with Crippen LogP contribution in [0.25, 0.3) is 43.8 Å². The van der Waals surface area contributed by atoms with Gasteiger partial charge in [0.05, 0.1) is 39.1 Å².